The second-order valence-electron chi connectivity index (χ2n) is 6.81. The first-order valence-corrected chi connectivity index (χ1v) is 9.63. The van der Waals surface area contributed by atoms with Crippen LogP contribution in [0.1, 0.15) is 56.0 Å². The number of hydrogen-bond acceptors (Lipinski definition) is 4. The minimum atomic E-state index is 0. The largest absolute Gasteiger partial charge is 0.378 e. The zero-order valence-electron chi connectivity index (χ0n) is 16.6. The van der Waals surface area contributed by atoms with Gasteiger partial charge in [0.15, 0.2) is 5.96 Å². The number of halogens is 1. The summed E-state index contributed by atoms with van der Waals surface area (Å²) in [6, 6.07) is 0. The first kappa shape index (κ1) is 23.2. The van der Waals surface area contributed by atoms with Crippen molar-refractivity contribution in [3.05, 3.63) is 17.0 Å². The van der Waals surface area contributed by atoms with E-state index in [1.54, 1.807) is 0 Å². The van der Waals surface area contributed by atoms with E-state index in [0.29, 0.717) is 6.10 Å². The van der Waals surface area contributed by atoms with Crippen molar-refractivity contribution < 1.29 is 9.26 Å². The van der Waals surface area contributed by atoms with Gasteiger partial charge >= 0.3 is 0 Å². The molecule has 1 saturated carbocycles. The summed E-state index contributed by atoms with van der Waals surface area (Å²) < 4.78 is 11.2. The fraction of sp³-hybridized carbons (Fsp3) is 0.789. The number of hydrogen-bond donors (Lipinski definition) is 2. The highest BCUT2D eigenvalue weighted by atomic mass is 127. The van der Waals surface area contributed by atoms with Gasteiger partial charge in [-0.05, 0) is 52.4 Å². The first-order chi connectivity index (χ1) is 12.2. The van der Waals surface area contributed by atoms with Gasteiger partial charge < -0.3 is 19.9 Å². The molecular formula is C19H35IN4O2. The minimum absolute atomic E-state index is 0. The lowest BCUT2D eigenvalue weighted by Crippen LogP contribution is -2.40. The zero-order chi connectivity index (χ0) is 18.1. The normalized spacial score (nSPS) is 16.4. The molecule has 0 radical (unpaired) electrons. The Balaban J connectivity index is 0.00000338. The molecule has 0 saturated heterocycles. The Morgan fingerprint density at radius 2 is 1.96 bits per heavy atom. The molecule has 0 bridgehead atoms. The monoisotopic (exact) mass is 478 g/mol. The van der Waals surface area contributed by atoms with Crippen LogP contribution in [-0.4, -0.2) is 44.0 Å². The van der Waals surface area contributed by atoms with Gasteiger partial charge in [0.2, 0.25) is 0 Å². The number of aryl methyl sites for hydroxylation is 2. The fourth-order valence-electron chi connectivity index (χ4n) is 3.72. The molecule has 1 aliphatic carbocycles. The molecule has 0 spiro atoms. The van der Waals surface area contributed by atoms with Crippen LogP contribution in [0.5, 0.6) is 0 Å². The van der Waals surface area contributed by atoms with Gasteiger partial charge in [-0.3, -0.25) is 4.99 Å². The van der Waals surface area contributed by atoms with Crippen molar-refractivity contribution in [2.24, 2.45) is 10.9 Å². The maximum absolute atomic E-state index is 5.98. The second-order valence-corrected chi connectivity index (χ2v) is 6.81. The molecule has 150 valence electrons. The molecule has 2 rings (SSSR count). The molecule has 1 aromatic rings. The fourth-order valence-corrected chi connectivity index (χ4v) is 3.72. The van der Waals surface area contributed by atoms with Crippen LogP contribution in [-0.2, 0) is 11.2 Å². The molecule has 2 N–H and O–H groups in total. The maximum atomic E-state index is 5.98. The van der Waals surface area contributed by atoms with Crippen LogP contribution in [0, 0.1) is 19.8 Å². The van der Waals surface area contributed by atoms with Crippen molar-refractivity contribution in [2.45, 2.75) is 65.4 Å². The standard InChI is InChI=1S/C19H34N4O2.HI/c1-5-24-18(16-8-6-7-9-16)11-13-22-19(20-4)21-12-10-17-14(2)23-25-15(17)3;/h16,18H,5-13H2,1-4H3,(H2,20,21,22);1H. The maximum Gasteiger partial charge on any atom is 0.190 e. The van der Waals surface area contributed by atoms with Crippen molar-refractivity contribution in [3.63, 3.8) is 0 Å². The lowest BCUT2D eigenvalue weighted by atomic mass is 9.98. The van der Waals surface area contributed by atoms with Gasteiger partial charge in [-0.15, -0.1) is 24.0 Å². The summed E-state index contributed by atoms with van der Waals surface area (Å²) in [6.45, 7) is 8.51. The summed E-state index contributed by atoms with van der Waals surface area (Å²) in [6.07, 6.45) is 7.62. The van der Waals surface area contributed by atoms with Gasteiger partial charge in [-0.1, -0.05) is 18.0 Å². The number of nitrogens with zero attached hydrogens (tertiary/aromatic N) is 2. The summed E-state index contributed by atoms with van der Waals surface area (Å²) >= 11 is 0. The number of nitrogens with one attached hydrogen (secondary N) is 2. The molecule has 0 aliphatic heterocycles. The van der Waals surface area contributed by atoms with Crippen molar-refractivity contribution in [2.75, 3.05) is 26.7 Å². The molecule has 6 nitrogen and oxygen atoms in total. The molecule has 1 heterocycles. The number of aliphatic imine (C=N–C) groups is 1. The molecule has 1 atom stereocenters. The first-order valence-electron chi connectivity index (χ1n) is 9.63. The van der Waals surface area contributed by atoms with Crippen molar-refractivity contribution in [3.8, 4) is 0 Å². The third kappa shape index (κ3) is 7.06. The highest BCUT2D eigenvalue weighted by Gasteiger charge is 2.25. The molecule has 1 aliphatic rings. The van der Waals surface area contributed by atoms with Crippen LogP contribution in [0.2, 0.25) is 0 Å². The quantitative estimate of drug-likeness (QED) is 0.323. The molecule has 26 heavy (non-hydrogen) atoms. The summed E-state index contributed by atoms with van der Waals surface area (Å²) in [7, 11) is 1.81. The second kappa shape index (κ2) is 12.5. The Labute approximate surface area is 174 Å². The van der Waals surface area contributed by atoms with E-state index in [0.717, 1.165) is 55.9 Å². The van der Waals surface area contributed by atoms with E-state index < -0.39 is 0 Å². The summed E-state index contributed by atoms with van der Waals surface area (Å²) in [5, 5.41) is 10.8. The van der Waals surface area contributed by atoms with Gasteiger partial charge in [-0.2, -0.15) is 0 Å². The Morgan fingerprint density at radius 3 is 2.54 bits per heavy atom. The summed E-state index contributed by atoms with van der Waals surface area (Å²) in [5.41, 5.74) is 2.15. The van der Waals surface area contributed by atoms with E-state index >= 15 is 0 Å². The Hall–Kier alpha value is -0.830. The lowest BCUT2D eigenvalue weighted by Gasteiger charge is -2.24. The van der Waals surface area contributed by atoms with E-state index in [9.17, 15) is 0 Å². The molecular weight excluding hydrogens is 443 g/mol. The molecule has 1 unspecified atom stereocenters. The van der Waals surface area contributed by atoms with Crippen LogP contribution in [0.3, 0.4) is 0 Å². The molecule has 0 amide bonds. The van der Waals surface area contributed by atoms with Gasteiger partial charge in [0.05, 0.1) is 11.8 Å². The highest BCUT2D eigenvalue weighted by molar-refractivity contribution is 14.0. The predicted molar refractivity (Wildman–Crippen MR) is 116 cm³/mol. The third-order valence-corrected chi connectivity index (χ3v) is 5.10. The SMILES string of the molecule is CCOC(CCNC(=NC)NCCc1c(C)noc1C)C1CCCC1.I. The van der Waals surface area contributed by atoms with Crippen LogP contribution < -0.4 is 10.6 Å². The van der Waals surface area contributed by atoms with E-state index in [4.69, 9.17) is 9.26 Å². The molecule has 7 heteroatoms. The van der Waals surface area contributed by atoms with Gasteiger partial charge in [0.1, 0.15) is 5.76 Å². The number of aromatic nitrogens is 1. The average Bonchev–Trinajstić information content (AvgIpc) is 3.24. The van der Waals surface area contributed by atoms with E-state index in [2.05, 4.69) is 27.7 Å². The molecule has 1 aromatic heterocycles. The van der Waals surface area contributed by atoms with E-state index in [-0.39, 0.29) is 24.0 Å². The van der Waals surface area contributed by atoms with E-state index in [1.165, 1.54) is 31.2 Å². The minimum Gasteiger partial charge on any atom is -0.378 e. The number of ether oxygens (including phenoxy) is 1. The van der Waals surface area contributed by atoms with Crippen LogP contribution in [0.4, 0.5) is 0 Å². The molecule has 1 fully saturated rings. The zero-order valence-corrected chi connectivity index (χ0v) is 19.0. The van der Waals surface area contributed by atoms with Gasteiger partial charge in [-0.25, -0.2) is 0 Å². The Morgan fingerprint density at radius 1 is 1.27 bits per heavy atom. The van der Waals surface area contributed by atoms with Crippen molar-refractivity contribution in [1.82, 2.24) is 15.8 Å². The summed E-state index contributed by atoms with van der Waals surface area (Å²) in [4.78, 5) is 4.31. The van der Waals surface area contributed by atoms with Crippen molar-refractivity contribution >= 4 is 29.9 Å². The third-order valence-electron chi connectivity index (χ3n) is 5.10. The van der Waals surface area contributed by atoms with Crippen LogP contribution in [0.25, 0.3) is 0 Å². The molecule has 0 aromatic carbocycles. The van der Waals surface area contributed by atoms with Crippen molar-refractivity contribution in [1.29, 1.82) is 0 Å². The topological polar surface area (TPSA) is 71.7 Å². The van der Waals surface area contributed by atoms with Gasteiger partial charge in [0, 0.05) is 32.3 Å². The van der Waals surface area contributed by atoms with Crippen LogP contribution >= 0.6 is 24.0 Å². The Bertz CT molecular complexity index is 522. The Kier molecular flexibility index (Phi) is 11.2. The van der Waals surface area contributed by atoms with Crippen LogP contribution in [0.15, 0.2) is 9.52 Å². The number of guanidine groups is 1. The summed E-state index contributed by atoms with van der Waals surface area (Å²) in [5.74, 6) is 2.48. The smallest absolute Gasteiger partial charge is 0.190 e. The van der Waals surface area contributed by atoms with E-state index in [1.807, 2.05) is 20.9 Å². The van der Waals surface area contributed by atoms with Gasteiger partial charge in [0.25, 0.3) is 0 Å². The lowest BCUT2D eigenvalue weighted by molar-refractivity contribution is 0.0169. The number of rotatable bonds is 9. The predicted octanol–water partition coefficient (Wildman–Crippen LogP) is 3.60. The average molecular weight is 478 g/mol. The highest BCUT2D eigenvalue weighted by Crippen LogP contribution is 2.30.